The van der Waals surface area contributed by atoms with Crippen molar-refractivity contribution in [2.24, 2.45) is 7.05 Å². The molecular weight excluding hydrogens is 281 g/mol. The summed E-state index contributed by atoms with van der Waals surface area (Å²) in [6.07, 6.45) is 0. The van der Waals surface area contributed by atoms with E-state index < -0.39 is 0 Å². The summed E-state index contributed by atoms with van der Waals surface area (Å²) >= 11 is 9.14. The van der Waals surface area contributed by atoms with E-state index in [1.54, 1.807) is 20.0 Å². The van der Waals surface area contributed by atoms with Crippen LogP contribution in [0.1, 0.15) is 5.82 Å². The third-order valence-electron chi connectivity index (χ3n) is 2.09. The van der Waals surface area contributed by atoms with Crippen molar-refractivity contribution in [1.29, 1.82) is 0 Å². The maximum Gasteiger partial charge on any atom is 0.266 e. The van der Waals surface area contributed by atoms with E-state index in [0.717, 1.165) is 0 Å². The fraction of sp³-hybridized carbons (Fsp3) is 0.222. The Balaban J connectivity index is 3.05. The van der Waals surface area contributed by atoms with Gasteiger partial charge in [0, 0.05) is 7.05 Å². The highest BCUT2D eigenvalue weighted by Gasteiger charge is 2.10. The van der Waals surface area contributed by atoms with Crippen molar-refractivity contribution in [3.05, 3.63) is 31.9 Å². The van der Waals surface area contributed by atoms with Crippen molar-refractivity contribution < 1.29 is 0 Å². The van der Waals surface area contributed by atoms with Crippen LogP contribution in [0, 0.1) is 6.92 Å². The largest absolute Gasteiger partial charge is 0.295 e. The van der Waals surface area contributed by atoms with Crippen LogP contribution >= 0.6 is 27.5 Å². The number of rotatable bonds is 0. The van der Waals surface area contributed by atoms with Crippen LogP contribution in [0.2, 0.25) is 5.15 Å². The van der Waals surface area contributed by atoms with E-state index in [0.29, 0.717) is 26.5 Å². The van der Waals surface area contributed by atoms with Gasteiger partial charge in [0.15, 0.2) is 0 Å². The molecule has 0 aliphatic carbocycles. The zero-order valence-corrected chi connectivity index (χ0v) is 10.4. The van der Waals surface area contributed by atoms with Gasteiger partial charge in [0.2, 0.25) is 0 Å². The summed E-state index contributed by atoms with van der Waals surface area (Å²) in [5.41, 5.74) is 0.400. The molecule has 0 fully saturated rings. The average molecular weight is 289 g/mol. The number of fused-ring (bicyclic) bond motifs is 1. The molecule has 0 aliphatic rings. The van der Waals surface area contributed by atoms with Crippen LogP contribution < -0.4 is 5.56 Å². The maximum atomic E-state index is 11.6. The lowest BCUT2D eigenvalue weighted by molar-refractivity contribution is 0.869. The molecular formula is C9H7BrClN3O. The molecule has 0 spiro atoms. The molecule has 0 N–H and O–H groups in total. The molecule has 4 nitrogen and oxygen atoms in total. The molecule has 0 saturated heterocycles. The maximum absolute atomic E-state index is 11.6. The first-order valence-corrected chi connectivity index (χ1v) is 5.37. The second-order valence-electron chi connectivity index (χ2n) is 3.16. The second-order valence-corrected chi connectivity index (χ2v) is 4.37. The summed E-state index contributed by atoms with van der Waals surface area (Å²) in [6.45, 7) is 1.73. The molecule has 15 heavy (non-hydrogen) atoms. The molecule has 0 saturated carbocycles. The van der Waals surface area contributed by atoms with Crippen molar-refractivity contribution in [1.82, 2.24) is 14.5 Å². The molecule has 0 atom stereocenters. The van der Waals surface area contributed by atoms with Gasteiger partial charge in [-0.1, -0.05) is 11.6 Å². The van der Waals surface area contributed by atoms with Crippen LogP contribution in [0.5, 0.6) is 0 Å². The molecule has 0 aliphatic heterocycles. The van der Waals surface area contributed by atoms with E-state index >= 15 is 0 Å². The van der Waals surface area contributed by atoms with Crippen molar-refractivity contribution in [3.63, 3.8) is 0 Å². The third-order valence-corrected chi connectivity index (χ3v) is 2.94. The minimum absolute atomic E-state index is 0.142. The molecule has 2 aromatic rings. The van der Waals surface area contributed by atoms with Gasteiger partial charge in [-0.2, -0.15) is 0 Å². The first-order chi connectivity index (χ1) is 7.00. The van der Waals surface area contributed by atoms with Crippen LogP contribution in [-0.2, 0) is 7.05 Å². The first-order valence-electron chi connectivity index (χ1n) is 4.20. The van der Waals surface area contributed by atoms with Crippen molar-refractivity contribution in [2.75, 3.05) is 0 Å². The zero-order chi connectivity index (χ0) is 11.2. The van der Waals surface area contributed by atoms with Gasteiger partial charge < -0.3 is 0 Å². The van der Waals surface area contributed by atoms with Crippen LogP contribution in [0.25, 0.3) is 11.0 Å². The Hall–Kier alpha value is -0.940. The standard InChI is InChI=1S/C9H7BrClN3O/c1-4-12-7(11)5-3-6(10)9(15)14(2)8(5)13-4/h3H,1-2H3. The highest BCUT2D eigenvalue weighted by molar-refractivity contribution is 9.10. The van der Waals surface area contributed by atoms with E-state index in [2.05, 4.69) is 25.9 Å². The van der Waals surface area contributed by atoms with Gasteiger partial charge in [-0.15, -0.1) is 0 Å². The van der Waals surface area contributed by atoms with E-state index in [1.807, 2.05) is 0 Å². The molecule has 0 amide bonds. The van der Waals surface area contributed by atoms with Gasteiger partial charge >= 0.3 is 0 Å². The monoisotopic (exact) mass is 287 g/mol. The predicted molar refractivity (Wildman–Crippen MR) is 62.2 cm³/mol. The fourth-order valence-electron chi connectivity index (χ4n) is 1.36. The van der Waals surface area contributed by atoms with Gasteiger partial charge in [0.05, 0.1) is 9.86 Å². The summed E-state index contributed by atoms with van der Waals surface area (Å²) in [5, 5.41) is 1.02. The quantitative estimate of drug-likeness (QED) is 0.697. The van der Waals surface area contributed by atoms with Crippen molar-refractivity contribution in [3.8, 4) is 0 Å². The lowest BCUT2D eigenvalue weighted by Gasteiger charge is -2.06. The van der Waals surface area contributed by atoms with E-state index in [-0.39, 0.29) is 5.56 Å². The summed E-state index contributed by atoms with van der Waals surface area (Å²) in [7, 11) is 1.65. The SMILES string of the molecule is Cc1nc(Cl)c2cc(Br)c(=O)n(C)c2n1. The van der Waals surface area contributed by atoms with Crippen molar-refractivity contribution in [2.45, 2.75) is 6.92 Å². The molecule has 78 valence electrons. The zero-order valence-electron chi connectivity index (χ0n) is 8.08. The minimum Gasteiger partial charge on any atom is -0.295 e. The predicted octanol–water partition coefficient (Wildman–Crippen LogP) is 2.05. The molecule has 0 radical (unpaired) electrons. The summed E-state index contributed by atoms with van der Waals surface area (Å²) < 4.78 is 1.90. The molecule has 2 heterocycles. The average Bonchev–Trinajstić information content (AvgIpc) is 2.17. The van der Waals surface area contributed by atoms with E-state index in [1.165, 1.54) is 4.57 Å². The molecule has 2 rings (SSSR count). The number of aryl methyl sites for hydroxylation is 2. The number of nitrogens with zero attached hydrogens (tertiary/aromatic N) is 3. The van der Waals surface area contributed by atoms with Crippen LogP contribution in [0.3, 0.4) is 0 Å². The Morgan fingerprint density at radius 1 is 1.47 bits per heavy atom. The fourth-order valence-corrected chi connectivity index (χ4v) is 2.11. The highest BCUT2D eigenvalue weighted by Crippen LogP contribution is 2.21. The summed E-state index contributed by atoms with van der Waals surface area (Å²) in [6, 6.07) is 1.64. The van der Waals surface area contributed by atoms with Gasteiger partial charge in [-0.3, -0.25) is 9.36 Å². The summed E-state index contributed by atoms with van der Waals surface area (Å²) in [4.78, 5) is 19.8. The third kappa shape index (κ3) is 1.66. The Bertz CT molecular complexity index is 608. The lowest BCUT2D eigenvalue weighted by atomic mass is 10.3. The minimum atomic E-state index is -0.142. The summed E-state index contributed by atoms with van der Waals surface area (Å²) in [5.74, 6) is 0.546. The Morgan fingerprint density at radius 2 is 2.13 bits per heavy atom. The van der Waals surface area contributed by atoms with Gasteiger partial charge in [0.1, 0.15) is 16.6 Å². The molecule has 6 heteroatoms. The van der Waals surface area contributed by atoms with Crippen LogP contribution in [0.15, 0.2) is 15.3 Å². The smallest absolute Gasteiger partial charge is 0.266 e. The lowest BCUT2D eigenvalue weighted by Crippen LogP contribution is -2.18. The number of hydrogen-bond donors (Lipinski definition) is 0. The number of pyridine rings is 1. The van der Waals surface area contributed by atoms with E-state index in [4.69, 9.17) is 11.6 Å². The molecule has 2 aromatic heterocycles. The first kappa shape index (κ1) is 10.6. The Kier molecular flexibility index (Phi) is 2.52. The van der Waals surface area contributed by atoms with Crippen LogP contribution in [0.4, 0.5) is 0 Å². The topological polar surface area (TPSA) is 47.8 Å². The number of hydrogen-bond acceptors (Lipinski definition) is 3. The Morgan fingerprint density at radius 3 is 2.80 bits per heavy atom. The molecule has 0 unspecified atom stereocenters. The highest BCUT2D eigenvalue weighted by atomic mass is 79.9. The second kappa shape index (κ2) is 3.57. The molecule has 0 bridgehead atoms. The number of aromatic nitrogens is 3. The van der Waals surface area contributed by atoms with Crippen molar-refractivity contribution >= 4 is 38.6 Å². The van der Waals surface area contributed by atoms with Gasteiger partial charge in [-0.25, -0.2) is 9.97 Å². The van der Waals surface area contributed by atoms with E-state index in [9.17, 15) is 4.79 Å². The normalized spacial score (nSPS) is 10.9. The van der Waals surface area contributed by atoms with Crippen LogP contribution in [-0.4, -0.2) is 14.5 Å². The Labute approximate surface area is 99.0 Å². The molecule has 0 aromatic carbocycles. The van der Waals surface area contributed by atoms with Gasteiger partial charge in [-0.05, 0) is 28.9 Å². The van der Waals surface area contributed by atoms with Gasteiger partial charge in [0.25, 0.3) is 5.56 Å². The number of halogens is 2.